The van der Waals surface area contributed by atoms with Gasteiger partial charge in [0.15, 0.2) is 17.1 Å². The van der Waals surface area contributed by atoms with Gasteiger partial charge in [0.05, 0.1) is 10.7 Å². The fraction of sp³-hybridized carbons (Fsp3) is 0.250. The molecule has 2 aromatic carbocycles. The first-order chi connectivity index (χ1) is 14.9. The van der Waals surface area contributed by atoms with Crippen LogP contribution in [0.4, 0.5) is 11.4 Å². The van der Waals surface area contributed by atoms with Crippen molar-refractivity contribution in [2.75, 3.05) is 11.1 Å². The summed E-state index contributed by atoms with van der Waals surface area (Å²) in [4.78, 5) is 22.6. The number of rotatable bonds is 9. The lowest BCUT2D eigenvalue weighted by atomic mass is 10.3. The van der Waals surface area contributed by atoms with E-state index in [0.717, 1.165) is 4.47 Å². The maximum Gasteiger partial charge on any atom is 0.271 e. The predicted molar refractivity (Wildman–Crippen MR) is 121 cm³/mol. The van der Waals surface area contributed by atoms with Gasteiger partial charge in [-0.15, -0.1) is 10.2 Å². The van der Waals surface area contributed by atoms with E-state index in [1.54, 1.807) is 6.07 Å². The number of aromatic nitrogens is 3. The highest BCUT2D eigenvalue weighted by Gasteiger charge is 2.19. The molecule has 1 amide bonds. The zero-order valence-corrected chi connectivity index (χ0v) is 19.2. The zero-order valence-electron chi connectivity index (χ0n) is 16.8. The average molecular weight is 506 g/mol. The van der Waals surface area contributed by atoms with Crippen LogP contribution in [0.1, 0.15) is 25.8 Å². The molecule has 0 aliphatic carbocycles. The third-order valence-electron chi connectivity index (χ3n) is 4.22. The van der Waals surface area contributed by atoms with Crippen LogP contribution >= 0.6 is 27.7 Å². The molecule has 31 heavy (non-hydrogen) atoms. The molecule has 1 aromatic heterocycles. The van der Waals surface area contributed by atoms with E-state index in [2.05, 4.69) is 31.4 Å². The smallest absolute Gasteiger partial charge is 0.271 e. The van der Waals surface area contributed by atoms with Gasteiger partial charge in [-0.2, -0.15) is 0 Å². The molecule has 0 bridgehead atoms. The molecule has 0 saturated carbocycles. The summed E-state index contributed by atoms with van der Waals surface area (Å²) in [5.41, 5.74) is 0.287. The number of amides is 1. The quantitative estimate of drug-likeness (QED) is 0.251. The lowest BCUT2D eigenvalue weighted by Crippen LogP contribution is -2.15. The molecular weight excluding hydrogens is 486 g/mol. The molecule has 1 unspecified atom stereocenters. The number of anilines is 1. The number of non-ortho nitro benzene ring substituents is 1. The number of hydrogen-bond donors (Lipinski definition) is 1. The number of halogens is 1. The zero-order chi connectivity index (χ0) is 22.4. The molecule has 9 nitrogen and oxygen atoms in total. The summed E-state index contributed by atoms with van der Waals surface area (Å²) in [7, 11) is 0. The van der Waals surface area contributed by atoms with Gasteiger partial charge in [-0.3, -0.25) is 14.9 Å². The van der Waals surface area contributed by atoms with E-state index in [0.29, 0.717) is 29.0 Å². The molecule has 0 saturated heterocycles. The Morgan fingerprint density at radius 3 is 2.71 bits per heavy atom. The largest absolute Gasteiger partial charge is 0.483 e. The Morgan fingerprint density at radius 2 is 2.03 bits per heavy atom. The predicted octanol–water partition coefficient (Wildman–Crippen LogP) is 4.84. The summed E-state index contributed by atoms with van der Waals surface area (Å²) in [6.07, 6.45) is -0.332. The van der Waals surface area contributed by atoms with Crippen LogP contribution in [-0.4, -0.2) is 31.3 Å². The van der Waals surface area contributed by atoms with Gasteiger partial charge in [-0.25, -0.2) is 0 Å². The van der Waals surface area contributed by atoms with Crippen molar-refractivity contribution in [3.8, 4) is 5.75 Å². The Morgan fingerprint density at radius 1 is 1.29 bits per heavy atom. The highest BCUT2D eigenvalue weighted by atomic mass is 79.9. The molecule has 3 aromatic rings. The van der Waals surface area contributed by atoms with Crippen LogP contribution in [0.15, 0.2) is 58.2 Å². The number of nitro groups is 1. The number of hydrogen-bond acceptors (Lipinski definition) is 7. The maximum atomic E-state index is 12.3. The Hall–Kier alpha value is -2.92. The van der Waals surface area contributed by atoms with Crippen LogP contribution in [0.3, 0.4) is 0 Å². The van der Waals surface area contributed by atoms with Crippen LogP contribution in [-0.2, 0) is 11.3 Å². The second-order valence-corrected chi connectivity index (χ2v) is 8.30. The second-order valence-electron chi connectivity index (χ2n) is 6.44. The third-order valence-corrected chi connectivity index (χ3v) is 5.72. The molecule has 0 aliphatic rings. The van der Waals surface area contributed by atoms with E-state index in [1.165, 1.54) is 30.0 Å². The van der Waals surface area contributed by atoms with E-state index in [9.17, 15) is 14.9 Å². The fourth-order valence-electron chi connectivity index (χ4n) is 2.80. The summed E-state index contributed by atoms with van der Waals surface area (Å²) in [5, 5.41) is 22.6. The van der Waals surface area contributed by atoms with Crippen LogP contribution in [0.25, 0.3) is 0 Å². The van der Waals surface area contributed by atoms with Crippen molar-refractivity contribution >= 4 is 45.0 Å². The summed E-state index contributed by atoms with van der Waals surface area (Å²) < 4.78 is 8.82. The standard InChI is InChI=1S/C20H20BrN5O4S/c1-3-25-19(13(2)30-17-9-7-14(21)8-10-17)23-24-20(25)31-12-18(27)22-15-5-4-6-16(11-15)26(28)29/h4-11,13H,3,12H2,1-2H3,(H,22,27). The topological polar surface area (TPSA) is 112 Å². The Kier molecular flexibility index (Phi) is 7.64. The molecule has 3 rings (SSSR count). The number of benzene rings is 2. The SMILES string of the molecule is CCn1c(SCC(=O)Nc2cccc([N+](=O)[O-])c2)nnc1C(C)Oc1ccc(Br)cc1. The first-order valence-corrected chi connectivity index (χ1v) is 11.2. The van der Waals surface area contributed by atoms with Gasteiger partial charge in [-0.05, 0) is 44.2 Å². The normalized spacial score (nSPS) is 11.7. The molecule has 0 fully saturated rings. The Balaban J connectivity index is 1.62. The second kappa shape index (κ2) is 10.4. The van der Waals surface area contributed by atoms with Crippen molar-refractivity contribution < 1.29 is 14.5 Å². The van der Waals surface area contributed by atoms with E-state index < -0.39 is 4.92 Å². The van der Waals surface area contributed by atoms with Gasteiger partial charge < -0.3 is 14.6 Å². The lowest BCUT2D eigenvalue weighted by molar-refractivity contribution is -0.384. The van der Waals surface area contributed by atoms with E-state index in [-0.39, 0.29) is 23.5 Å². The van der Waals surface area contributed by atoms with Gasteiger partial charge >= 0.3 is 0 Å². The lowest BCUT2D eigenvalue weighted by Gasteiger charge is -2.15. The van der Waals surface area contributed by atoms with Crippen LogP contribution in [0.2, 0.25) is 0 Å². The Labute approximate surface area is 191 Å². The third kappa shape index (κ3) is 6.05. The maximum absolute atomic E-state index is 12.3. The minimum absolute atomic E-state index is 0.0828. The monoisotopic (exact) mass is 505 g/mol. The number of nitrogens with one attached hydrogen (secondary N) is 1. The van der Waals surface area contributed by atoms with Gasteiger partial charge in [-0.1, -0.05) is 33.8 Å². The van der Waals surface area contributed by atoms with Crippen LogP contribution < -0.4 is 10.1 Å². The molecule has 1 atom stereocenters. The fourth-order valence-corrected chi connectivity index (χ4v) is 3.87. The number of carbonyl (C=O) groups excluding carboxylic acids is 1. The molecule has 0 aliphatic heterocycles. The highest BCUT2D eigenvalue weighted by molar-refractivity contribution is 9.10. The number of thioether (sulfide) groups is 1. The number of carbonyl (C=O) groups is 1. The first kappa shape index (κ1) is 22.8. The molecule has 1 N–H and O–H groups in total. The molecule has 1 heterocycles. The number of nitrogens with zero attached hydrogens (tertiary/aromatic N) is 4. The van der Waals surface area contributed by atoms with Crippen molar-refractivity contribution in [2.24, 2.45) is 0 Å². The summed E-state index contributed by atoms with van der Waals surface area (Å²) in [5.74, 6) is 1.17. The first-order valence-electron chi connectivity index (χ1n) is 9.39. The van der Waals surface area contributed by atoms with Gasteiger partial charge in [0.1, 0.15) is 5.75 Å². The molecule has 0 radical (unpaired) electrons. The van der Waals surface area contributed by atoms with Gasteiger partial charge in [0.2, 0.25) is 5.91 Å². The van der Waals surface area contributed by atoms with Crippen LogP contribution in [0.5, 0.6) is 5.75 Å². The summed E-state index contributed by atoms with van der Waals surface area (Å²) in [6, 6.07) is 13.3. The van der Waals surface area contributed by atoms with Crippen molar-refractivity contribution in [3.05, 3.63) is 68.9 Å². The van der Waals surface area contributed by atoms with E-state index in [4.69, 9.17) is 4.74 Å². The molecule has 162 valence electrons. The Bertz CT molecular complexity index is 1070. The molecular formula is C20H20BrN5O4S. The number of ether oxygens (including phenoxy) is 1. The van der Waals surface area contributed by atoms with Crippen LogP contribution in [0, 0.1) is 10.1 Å². The minimum Gasteiger partial charge on any atom is -0.483 e. The van der Waals surface area contributed by atoms with E-state index in [1.807, 2.05) is 42.7 Å². The minimum atomic E-state index is -0.507. The number of nitro benzene ring substituents is 1. The van der Waals surface area contributed by atoms with Gasteiger partial charge in [0, 0.05) is 28.8 Å². The van der Waals surface area contributed by atoms with Crippen molar-refractivity contribution in [2.45, 2.75) is 31.7 Å². The van der Waals surface area contributed by atoms with E-state index >= 15 is 0 Å². The van der Waals surface area contributed by atoms with Crippen molar-refractivity contribution in [1.82, 2.24) is 14.8 Å². The summed E-state index contributed by atoms with van der Waals surface area (Å²) in [6.45, 7) is 4.47. The molecule has 0 spiro atoms. The van der Waals surface area contributed by atoms with Crippen molar-refractivity contribution in [3.63, 3.8) is 0 Å². The van der Waals surface area contributed by atoms with Crippen molar-refractivity contribution in [1.29, 1.82) is 0 Å². The summed E-state index contributed by atoms with van der Waals surface area (Å²) >= 11 is 4.63. The highest BCUT2D eigenvalue weighted by Crippen LogP contribution is 2.26. The average Bonchev–Trinajstić information content (AvgIpc) is 3.17. The van der Waals surface area contributed by atoms with Gasteiger partial charge in [0.25, 0.3) is 5.69 Å². The molecule has 11 heteroatoms.